The number of fused-ring (bicyclic) bond motifs is 1. The molecule has 1 aromatic heterocycles. The van der Waals surface area contributed by atoms with Crippen molar-refractivity contribution in [1.29, 1.82) is 0 Å². The zero-order valence-electron chi connectivity index (χ0n) is 50.3. The topological polar surface area (TPSA) is 520 Å². The number of benzene rings is 1. The number of hydrogen-bond acceptors (Lipinski definition) is 18. The first-order valence-corrected chi connectivity index (χ1v) is 32.1. The summed E-state index contributed by atoms with van der Waals surface area (Å²) >= 11 is 2.56. The Morgan fingerprint density at radius 2 is 1.01 bits per heavy atom. The van der Waals surface area contributed by atoms with Gasteiger partial charge in [-0.05, 0) is 140 Å². The molecule has 25 N–H and O–H groups in total. The van der Waals surface area contributed by atoms with Crippen molar-refractivity contribution in [2.75, 3.05) is 56.2 Å². The number of aromatic nitrogens is 1. The minimum atomic E-state index is -1.35. The van der Waals surface area contributed by atoms with Crippen LogP contribution in [-0.2, 0) is 59.2 Å². The summed E-state index contributed by atoms with van der Waals surface area (Å²) < 4.78 is 0. The number of nitrogens with one attached hydrogen (secondary N) is 9. The number of para-hydroxylation sites is 1. The van der Waals surface area contributed by atoms with E-state index in [0.717, 1.165) is 10.9 Å². The van der Waals surface area contributed by atoms with Crippen molar-refractivity contribution in [3.8, 4) is 0 Å². The van der Waals surface area contributed by atoms with E-state index in [1.807, 2.05) is 24.3 Å². The van der Waals surface area contributed by atoms with E-state index >= 15 is 0 Å². The quantitative estimate of drug-likeness (QED) is 0.0178. The highest BCUT2D eigenvalue weighted by atomic mass is 32.2. The third-order valence-corrected chi connectivity index (χ3v) is 15.6. The number of Topliss-reactive ketones (excluding diaryl/α,β-unsaturated/α-hetero) is 1. The Bertz CT molecular complexity index is 2550. The van der Waals surface area contributed by atoms with Gasteiger partial charge in [0.05, 0.1) is 11.8 Å². The van der Waals surface area contributed by atoms with Crippen LogP contribution in [0.5, 0.6) is 0 Å². The Kier molecular flexibility index (Phi) is 38.1. The molecule has 0 aliphatic rings. The van der Waals surface area contributed by atoms with Crippen molar-refractivity contribution in [3.05, 3.63) is 36.0 Å². The molecule has 0 aliphatic heterocycles. The number of hydrogen-bond donors (Lipinski definition) is 17. The normalized spacial score (nSPS) is 13.9. The molecule has 2 aromatic rings. The number of nitrogens with zero attached hydrogens (tertiary/aromatic N) is 1. The minimum Gasteiger partial charge on any atom is -0.370 e. The molecule has 8 atom stereocenters. The molecular weight excluding hydrogens is 1160 g/mol. The molecule has 10 amide bonds. The third kappa shape index (κ3) is 31.4. The fourth-order valence-corrected chi connectivity index (χ4v) is 10.2. The highest BCUT2D eigenvalue weighted by molar-refractivity contribution is 8.00. The van der Waals surface area contributed by atoms with Crippen LogP contribution in [0.2, 0.25) is 0 Å². The number of carbonyl (C=O) groups is 11. The first kappa shape index (κ1) is 76.0. The molecule has 0 fully saturated rings. The number of amides is 10. The molecule has 2 rings (SSSR count). The molecule has 1 heterocycles. The molecule has 0 unspecified atom stereocenters. The summed E-state index contributed by atoms with van der Waals surface area (Å²) in [6.45, 7) is 2.27. The summed E-state index contributed by atoms with van der Waals surface area (Å²) in [6, 6.07) is -2.43. The van der Waals surface area contributed by atoms with Gasteiger partial charge >= 0.3 is 0 Å². The molecule has 31 heteroatoms. The van der Waals surface area contributed by atoms with Crippen LogP contribution in [0.15, 0.2) is 35.5 Å². The second kappa shape index (κ2) is 43.5. The van der Waals surface area contributed by atoms with Crippen LogP contribution >= 0.6 is 23.5 Å². The van der Waals surface area contributed by atoms with Crippen LogP contribution < -0.4 is 88.4 Å². The summed E-state index contributed by atoms with van der Waals surface area (Å²) in [4.78, 5) is 155. The van der Waals surface area contributed by atoms with Crippen molar-refractivity contribution in [1.82, 2.24) is 47.5 Å². The number of rotatable bonds is 48. The number of guanidine groups is 1. The maximum atomic E-state index is 14.7. The van der Waals surface area contributed by atoms with Crippen LogP contribution in [0.1, 0.15) is 122 Å². The number of H-pyrrole nitrogens is 1. The lowest BCUT2D eigenvalue weighted by atomic mass is 10.0. The van der Waals surface area contributed by atoms with E-state index in [2.05, 4.69) is 52.5 Å². The maximum absolute atomic E-state index is 14.7. The predicted octanol–water partition coefficient (Wildman–Crippen LogP) is -3.02. The van der Waals surface area contributed by atoms with Gasteiger partial charge in [0.1, 0.15) is 48.1 Å². The third-order valence-electron chi connectivity index (χ3n) is 13.7. The fraction of sp³-hybridized carbons (Fsp3) is 0.643. The first-order valence-electron chi connectivity index (χ1n) is 29.5. The van der Waals surface area contributed by atoms with Gasteiger partial charge in [-0.1, -0.05) is 24.6 Å². The Morgan fingerprint density at radius 3 is 1.51 bits per heavy atom. The van der Waals surface area contributed by atoms with Gasteiger partial charge in [-0.25, -0.2) is 0 Å². The number of primary amides is 2. The maximum Gasteiger partial charge on any atom is 0.243 e. The summed E-state index contributed by atoms with van der Waals surface area (Å²) in [5.74, 6) is -6.71. The van der Waals surface area contributed by atoms with Gasteiger partial charge in [-0.15, -0.1) is 0 Å². The lowest BCUT2D eigenvalue weighted by Crippen LogP contribution is -2.60. The zero-order chi connectivity index (χ0) is 64.7. The van der Waals surface area contributed by atoms with E-state index < -0.39 is 107 Å². The van der Waals surface area contributed by atoms with Crippen molar-refractivity contribution in [2.24, 2.45) is 50.9 Å². The largest absolute Gasteiger partial charge is 0.370 e. The van der Waals surface area contributed by atoms with Crippen molar-refractivity contribution >= 4 is 105 Å². The molecule has 0 aliphatic carbocycles. The zero-order valence-corrected chi connectivity index (χ0v) is 51.9. The Balaban J connectivity index is 2.52. The second-order valence-corrected chi connectivity index (χ2v) is 23.1. The van der Waals surface area contributed by atoms with Crippen LogP contribution in [-0.4, -0.2) is 180 Å². The van der Waals surface area contributed by atoms with E-state index in [-0.39, 0.29) is 120 Å². The highest BCUT2D eigenvalue weighted by Gasteiger charge is 2.35. The lowest BCUT2D eigenvalue weighted by Gasteiger charge is -2.28. The van der Waals surface area contributed by atoms with Gasteiger partial charge in [-0.2, -0.15) is 23.5 Å². The molecule has 87 heavy (non-hydrogen) atoms. The van der Waals surface area contributed by atoms with Gasteiger partial charge in [0.15, 0.2) is 5.96 Å². The number of aliphatic imine (C=N–C) groups is 1. The first-order chi connectivity index (χ1) is 41.5. The van der Waals surface area contributed by atoms with Gasteiger partial charge in [0.2, 0.25) is 59.1 Å². The summed E-state index contributed by atoms with van der Waals surface area (Å²) in [6.07, 6.45) is 6.92. The van der Waals surface area contributed by atoms with Crippen molar-refractivity contribution in [2.45, 2.75) is 171 Å². The standard InChI is InChI=1S/C56H96N18O11S2/c1-34(75)32-87-33-37(60)49(79)65-28-22-47(77)68-40(20-13-27-66-56(63)64)50(80)70-41(17-5-6-21-46(61)76)52(82)73-44(23-29-86-2)54(84)71-43(19-9-12-26-59)53(83)74-45(30-35-31-67-38-15-4-3-14-36(35)38)55(85)72-42(18-8-11-25-58)51(81)69-39(48(62)78)16-7-10-24-57/h3-4,14-15,31,37,39-45,67H,5-13,16-30,32-33,57-60H2,1-2H3,(H2,61,76)(H2,62,78)(H,65,79)(H,68,77)(H,69,81)(H,70,80)(H,71,84)(H,72,85)(H,73,82)(H,74,83)(H4,63,64,66)/t37-,39-,40-,41-,42-,43-,44-,45-/m0/s1. The highest BCUT2D eigenvalue weighted by Crippen LogP contribution is 2.20. The smallest absolute Gasteiger partial charge is 0.243 e. The average Bonchev–Trinajstić information content (AvgIpc) is 2.58. The van der Waals surface area contributed by atoms with E-state index in [1.165, 1.54) is 30.4 Å². The Labute approximate surface area is 517 Å². The number of nitrogens with two attached hydrogens (primary N) is 8. The molecule has 488 valence electrons. The molecule has 0 saturated heterocycles. The predicted molar refractivity (Wildman–Crippen MR) is 338 cm³/mol. The Morgan fingerprint density at radius 1 is 0.552 bits per heavy atom. The van der Waals surface area contributed by atoms with Gasteiger partial charge < -0.3 is 93.4 Å². The van der Waals surface area contributed by atoms with Crippen LogP contribution in [0.3, 0.4) is 0 Å². The van der Waals surface area contributed by atoms with Gasteiger partial charge in [0.25, 0.3) is 0 Å². The van der Waals surface area contributed by atoms with E-state index in [4.69, 9.17) is 45.9 Å². The Hall–Kier alpha value is -7.06. The molecule has 0 spiro atoms. The lowest BCUT2D eigenvalue weighted by molar-refractivity contribution is -0.136. The number of aromatic amines is 1. The molecule has 0 radical (unpaired) electrons. The molecular formula is C56H96N18O11S2. The number of carbonyl (C=O) groups excluding carboxylic acids is 11. The number of unbranched alkanes of at least 4 members (excludes halogenated alkanes) is 4. The van der Waals surface area contributed by atoms with Crippen molar-refractivity contribution < 1.29 is 52.7 Å². The molecule has 0 bridgehead atoms. The van der Waals surface area contributed by atoms with E-state index in [1.54, 1.807) is 12.5 Å². The molecule has 1 aromatic carbocycles. The fourth-order valence-electron chi connectivity index (χ4n) is 8.96. The average molecular weight is 1260 g/mol. The summed E-state index contributed by atoms with van der Waals surface area (Å²) in [5.41, 5.74) is 46.7. The molecule has 29 nitrogen and oxygen atoms in total. The number of thioether (sulfide) groups is 2. The van der Waals surface area contributed by atoms with Crippen LogP contribution in [0.4, 0.5) is 0 Å². The van der Waals surface area contributed by atoms with Crippen LogP contribution in [0.25, 0.3) is 10.9 Å². The summed E-state index contributed by atoms with van der Waals surface area (Å²) in [5, 5.41) is 22.5. The second-order valence-electron chi connectivity index (χ2n) is 21.1. The SMILES string of the molecule is CSCC[C@H](NC(=O)[C@H](CCCCC(N)=O)NC(=O)[C@H](CCCN=C(N)N)NC(=O)CCNC(=O)[C@@H](N)CSCC(C)=O)C(=O)N[C@@H](CCCCN)C(=O)N[C@@H](Cc1c[nH]c2ccccc12)C(=O)N[C@@H](CCCCN)C(=O)N[C@@H](CCCCN)C(N)=O. The number of ketones is 1. The van der Waals surface area contributed by atoms with Gasteiger partial charge in [0, 0.05) is 55.2 Å². The van der Waals surface area contributed by atoms with Crippen LogP contribution in [0, 0.1) is 0 Å². The van der Waals surface area contributed by atoms with Gasteiger partial charge in [-0.3, -0.25) is 57.7 Å². The van der Waals surface area contributed by atoms with E-state index in [0.29, 0.717) is 62.9 Å². The summed E-state index contributed by atoms with van der Waals surface area (Å²) in [7, 11) is 0. The minimum absolute atomic E-state index is 0.0102. The van der Waals surface area contributed by atoms with E-state index in [9.17, 15) is 52.7 Å². The molecule has 0 saturated carbocycles. The monoisotopic (exact) mass is 1260 g/mol. The van der Waals surface area contributed by atoms with Crippen molar-refractivity contribution in [3.63, 3.8) is 0 Å².